The van der Waals surface area contributed by atoms with E-state index in [1.54, 1.807) is 16.9 Å². The van der Waals surface area contributed by atoms with Gasteiger partial charge in [-0.15, -0.1) is 0 Å². The number of rotatable bonds is 3. The number of hydrogen-bond donors (Lipinski definition) is 1. The van der Waals surface area contributed by atoms with E-state index in [-0.39, 0.29) is 5.82 Å². The average molecular weight is 400 g/mol. The minimum atomic E-state index is -0.324. The molecule has 2 N–H and O–H groups in total. The Morgan fingerprint density at radius 3 is 2.53 bits per heavy atom. The third kappa shape index (κ3) is 2.90. The first-order chi connectivity index (χ1) is 14.4. The van der Waals surface area contributed by atoms with Gasteiger partial charge in [0.05, 0.1) is 22.8 Å². The predicted molar refractivity (Wildman–Crippen MR) is 117 cm³/mol. The fourth-order valence-electron chi connectivity index (χ4n) is 4.18. The van der Waals surface area contributed by atoms with Crippen molar-refractivity contribution < 1.29 is 4.39 Å². The fourth-order valence-corrected chi connectivity index (χ4v) is 4.18. The Balaban J connectivity index is 1.62. The molecule has 0 radical (unpaired) electrons. The van der Waals surface area contributed by atoms with E-state index >= 15 is 4.39 Å². The second-order valence-electron chi connectivity index (χ2n) is 7.79. The van der Waals surface area contributed by atoms with Crippen LogP contribution < -0.4 is 5.73 Å². The highest BCUT2D eigenvalue weighted by atomic mass is 19.1. The van der Waals surface area contributed by atoms with Crippen molar-refractivity contribution in [3.05, 3.63) is 71.6 Å². The van der Waals surface area contributed by atoms with Gasteiger partial charge in [0, 0.05) is 30.6 Å². The first kappa shape index (κ1) is 18.3. The van der Waals surface area contributed by atoms with Gasteiger partial charge in [0.15, 0.2) is 0 Å². The number of benzene rings is 2. The van der Waals surface area contributed by atoms with E-state index in [0.717, 1.165) is 5.56 Å². The molecule has 0 fully saturated rings. The summed E-state index contributed by atoms with van der Waals surface area (Å²) in [6, 6.07) is 9.96. The van der Waals surface area contributed by atoms with Gasteiger partial charge in [-0.25, -0.2) is 14.4 Å². The molecule has 3 heterocycles. The van der Waals surface area contributed by atoms with Gasteiger partial charge in [-0.1, -0.05) is 29.3 Å². The molecule has 0 atom stereocenters. The van der Waals surface area contributed by atoms with Crippen molar-refractivity contribution in [1.29, 1.82) is 0 Å². The molecular formula is C23H21FN6. The Labute approximate surface area is 172 Å². The summed E-state index contributed by atoms with van der Waals surface area (Å²) in [7, 11) is 1.86. The lowest BCUT2D eigenvalue weighted by Crippen LogP contribution is -2.00. The van der Waals surface area contributed by atoms with E-state index in [1.807, 2.05) is 23.9 Å². The Bertz CT molecular complexity index is 1410. The standard InChI is InChI=1S/C23H21FN6/c1-13-6-14(2)8-15(7-13)9-30-11-18-19(28-30)5-4-16(21(18)24)17-10-29(3)23-20(17)22(25)26-12-27-23/h4-8,10-12H,9H2,1-3H3,(H2,25,26,27). The minimum Gasteiger partial charge on any atom is -0.383 e. The summed E-state index contributed by atoms with van der Waals surface area (Å²) >= 11 is 0. The van der Waals surface area contributed by atoms with Crippen molar-refractivity contribution in [2.75, 3.05) is 5.73 Å². The fraction of sp³-hybridized carbons (Fsp3) is 0.174. The van der Waals surface area contributed by atoms with Crippen molar-refractivity contribution in [2.24, 2.45) is 7.05 Å². The molecule has 150 valence electrons. The van der Waals surface area contributed by atoms with Crippen LogP contribution in [0.2, 0.25) is 0 Å². The van der Waals surface area contributed by atoms with Gasteiger partial charge in [-0.3, -0.25) is 4.68 Å². The lowest BCUT2D eigenvalue weighted by molar-refractivity contribution is 0.642. The number of halogens is 1. The number of aromatic nitrogens is 5. The topological polar surface area (TPSA) is 74.5 Å². The molecule has 2 aromatic carbocycles. The zero-order valence-electron chi connectivity index (χ0n) is 17.0. The first-order valence-electron chi connectivity index (χ1n) is 9.69. The first-order valence-corrected chi connectivity index (χ1v) is 9.69. The molecule has 6 nitrogen and oxygen atoms in total. The maximum absolute atomic E-state index is 15.6. The average Bonchev–Trinajstić information content (AvgIpc) is 3.24. The highest BCUT2D eigenvalue weighted by molar-refractivity contribution is 6.02. The van der Waals surface area contributed by atoms with Crippen LogP contribution in [-0.2, 0) is 13.6 Å². The molecule has 0 saturated carbocycles. The molecule has 0 saturated heterocycles. The van der Waals surface area contributed by atoms with E-state index in [9.17, 15) is 0 Å². The lowest BCUT2D eigenvalue weighted by atomic mass is 10.0. The monoisotopic (exact) mass is 400 g/mol. The van der Waals surface area contributed by atoms with Gasteiger partial charge < -0.3 is 10.3 Å². The number of fused-ring (bicyclic) bond motifs is 2. The highest BCUT2D eigenvalue weighted by Gasteiger charge is 2.19. The Morgan fingerprint density at radius 1 is 1.00 bits per heavy atom. The van der Waals surface area contributed by atoms with Crippen molar-refractivity contribution in [1.82, 2.24) is 24.3 Å². The van der Waals surface area contributed by atoms with Crippen molar-refractivity contribution in [2.45, 2.75) is 20.4 Å². The number of anilines is 1. The normalized spacial score (nSPS) is 11.6. The van der Waals surface area contributed by atoms with Crippen LogP contribution in [0.25, 0.3) is 33.1 Å². The molecule has 0 amide bonds. The Morgan fingerprint density at radius 2 is 1.77 bits per heavy atom. The second-order valence-corrected chi connectivity index (χ2v) is 7.79. The van der Waals surface area contributed by atoms with Gasteiger partial charge in [0.1, 0.15) is 23.6 Å². The van der Waals surface area contributed by atoms with Crippen molar-refractivity contribution in [3.63, 3.8) is 0 Å². The lowest BCUT2D eigenvalue weighted by Gasteiger charge is -2.05. The molecule has 3 aromatic heterocycles. The van der Waals surface area contributed by atoms with Gasteiger partial charge >= 0.3 is 0 Å². The van der Waals surface area contributed by atoms with Crippen LogP contribution in [0, 0.1) is 19.7 Å². The Kier molecular flexibility index (Phi) is 4.06. The molecule has 0 bridgehead atoms. The van der Waals surface area contributed by atoms with E-state index < -0.39 is 0 Å². The van der Waals surface area contributed by atoms with Gasteiger partial charge in [-0.05, 0) is 31.5 Å². The molecule has 5 aromatic rings. The van der Waals surface area contributed by atoms with Crippen LogP contribution >= 0.6 is 0 Å². The largest absolute Gasteiger partial charge is 0.383 e. The zero-order valence-corrected chi connectivity index (χ0v) is 17.0. The number of aryl methyl sites for hydroxylation is 3. The van der Waals surface area contributed by atoms with Crippen LogP contribution in [-0.4, -0.2) is 24.3 Å². The highest BCUT2D eigenvalue weighted by Crippen LogP contribution is 2.35. The SMILES string of the molecule is Cc1cc(C)cc(Cn2cc3c(F)c(-c4cn(C)c5ncnc(N)c45)ccc3n2)c1. The molecule has 7 heteroatoms. The van der Waals surface area contributed by atoms with E-state index in [4.69, 9.17) is 5.73 Å². The van der Waals surface area contributed by atoms with Crippen LogP contribution in [0.4, 0.5) is 10.2 Å². The summed E-state index contributed by atoms with van der Waals surface area (Å²) in [6.45, 7) is 4.73. The molecular weight excluding hydrogens is 379 g/mol. The van der Waals surface area contributed by atoms with Crippen LogP contribution in [0.5, 0.6) is 0 Å². The third-order valence-electron chi connectivity index (χ3n) is 5.37. The van der Waals surface area contributed by atoms with Crippen LogP contribution in [0.15, 0.2) is 49.1 Å². The maximum Gasteiger partial charge on any atom is 0.145 e. The number of hydrogen-bond acceptors (Lipinski definition) is 4. The molecule has 30 heavy (non-hydrogen) atoms. The smallest absolute Gasteiger partial charge is 0.145 e. The summed E-state index contributed by atoms with van der Waals surface area (Å²) in [5, 5.41) is 5.70. The summed E-state index contributed by atoms with van der Waals surface area (Å²) in [4.78, 5) is 8.36. The number of nitrogens with zero attached hydrogens (tertiary/aromatic N) is 5. The zero-order chi connectivity index (χ0) is 21.0. The second kappa shape index (κ2) is 6.66. The van der Waals surface area contributed by atoms with E-state index in [1.165, 1.54) is 17.5 Å². The molecule has 5 rings (SSSR count). The van der Waals surface area contributed by atoms with Crippen molar-refractivity contribution in [3.8, 4) is 11.1 Å². The summed E-state index contributed by atoms with van der Waals surface area (Å²) in [5.74, 6) is 0.00975. The third-order valence-corrected chi connectivity index (χ3v) is 5.37. The van der Waals surface area contributed by atoms with Gasteiger partial charge in [0.2, 0.25) is 0 Å². The minimum absolute atomic E-state index is 0.324. The Hall–Kier alpha value is -3.74. The molecule has 0 aliphatic heterocycles. The predicted octanol–water partition coefficient (Wildman–Crippen LogP) is 4.37. The summed E-state index contributed by atoms with van der Waals surface area (Å²) in [5.41, 5.74) is 12.0. The van der Waals surface area contributed by atoms with E-state index in [0.29, 0.717) is 45.4 Å². The molecule has 0 spiro atoms. The van der Waals surface area contributed by atoms with Crippen LogP contribution in [0.3, 0.4) is 0 Å². The van der Waals surface area contributed by atoms with Crippen molar-refractivity contribution >= 4 is 27.8 Å². The van der Waals surface area contributed by atoms with E-state index in [2.05, 4.69) is 47.1 Å². The van der Waals surface area contributed by atoms with Gasteiger partial charge in [0.25, 0.3) is 0 Å². The van der Waals surface area contributed by atoms with Gasteiger partial charge in [-0.2, -0.15) is 5.10 Å². The number of nitrogen functional groups attached to an aromatic ring is 1. The maximum atomic E-state index is 15.6. The quantitative estimate of drug-likeness (QED) is 0.488. The number of nitrogens with two attached hydrogens (primary N) is 1. The van der Waals surface area contributed by atoms with Crippen LogP contribution in [0.1, 0.15) is 16.7 Å². The molecule has 0 aliphatic rings. The summed E-state index contributed by atoms with van der Waals surface area (Å²) < 4.78 is 19.2. The summed E-state index contributed by atoms with van der Waals surface area (Å²) in [6.07, 6.45) is 5.01. The molecule has 0 unspecified atom stereocenters. The molecule has 0 aliphatic carbocycles.